The molecule has 6 nitrogen and oxygen atoms in total. The van der Waals surface area contributed by atoms with E-state index in [1.54, 1.807) is 4.68 Å². The second-order valence-electron chi connectivity index (χ2n) is 4.53. The lowest BCUT2D eigenvalue weighted by Crippen LogP contribution is -2.26. The summed E-state index contributed by atoms with van der Waals surface area (Å²) in [6.07, 6.45) is 2.10. The number of amides is 1. The van der Waals surface area contributed by atoms with E-state index in [0.717, 1.165) is 25.9 Å². The fourth-order valence-corrected chi connectivity index (χ4v) is 2.06. The van der Waals surface area contributed by atoms with Crippen LogP contribution in [0.15, 0.2) is 5.16 Å². The SMILES string of the molecule is CCCCNC(=O)CSc1nnnn1CC(C)C. The predicted octanol–water partition coefficient (Wildman–Crippen LogP) is 1.34. The molecule has 0 aliphatic carbocycles. The highest BCUT2D eigenvalue weighted by Gasteiger charge is 2.10. The van der Waals surface area contributed by atoms with Crippen molar-refractivity contribution in [3.63, 3.8) is 0 Å². The Hall–Kier alpha value is -1.11. The van der Waals surface area contributed by atoms with Gasteiger partial charge in [0.05, 0.1) is 5.75 Å². The molecule has 0 radical (unpaired) electrons. The van der Waals surface area contributed by atoms with E-state index in [9.17, 15) is 4.79 Å². The summed E-state index contributed by atoms with van der Waals surface area (Å²) in [5, 5.41) is 15.0. The number of carbonyl (C=O) groups excluding carboxylic acids is 1. The topological polar surface area (TPSA) is 72.7 Å². The molecule has 0 saturated heterocycles. The van der Waals surface area contributed by atoms with E-state index in [1.165, 1.54) is 11.8 Å². The zero-order valence-electron chi connectivity index (χ0n) is 11.2. The van der Waals surface area contributed by atoms with Crippen LogP contribution in [0.3, 0.4) is 0 Å². The van der Waals surface area contributed by atoms with E-state index in [1.807, 2.05) is 0 Å². The fourth-order valence-electron chi connectivity index (χ4n) is 1.35. The molecule has 0 aromatic carbocycles. The molecule has 1 heterocycles. The molecular formula is C11H21N5OS. The van der Waals surface area contributed by atoms with Crippen LogP contribution in [0.4, 0.5) is 0 Å². The van der Waals surface area contributed by atoms with Crippen LogP contribution in [0.2, 0.25) is 0 Å². The van der Waals surface area contributed by atoms with Gasteiger partial charge in [-0.05, 0) is 22.8 Å². The van der Waals surface area contributed by atoms with E-state index >= 15 is 0 Å². The summed E-state index contributed by atoms with van der Waals surface area (Å²) in [7, 11) is 0. The van der Waals surface area contributed by atoms with Gasteiger partial charge in [-0.15, -0.1) is 5.10 Å². The molecule has 0 bridgehead atoms. The highest BCUT2D eigenvalue weighted by Crippen LogP contribution is 2.14. The number of rotatable bonds is 8. The Morgan fingerprint density at radius 3 is 2.94 bits per heavy atom. The number of tetrazole rings is 1. The molecule has 0 unspecified atom stereocenters. The third-order valence-electron chi connectivity index (χ3n) is 2.22. The third kappa shape index (κ3) is 5.48. The van der Waals surface area contributed by atoms with E-state index < -0.39 is 0 Å². The van der Waals surface area contributed by atoms with Crippen molar-refractivity contribution < 1.29 is 4.79 Å². The minimum atomic E-state index is 0.0348. The van der Waals surface area contributed by atoms with Crippen molar-refractivity contribution in [2.45, 2.75) is 45.3 Å². The van der Waals surface area contributed by atoms with Crippen molar-refractivity contribution in [1.82, 2.24) is 25.5 Å². The summed E-state index contributed by atoms with van der Waals surface area (Å²) >= 11 is 1.38. The average Bonchev–Trinajstić information content (AvgIpc) is 2.73. The Bertz CT molecular complexity index is 366. The lowest BCUT2D eigenvalue weighted by Gasteiger charge is -2.06. The van der Waals surface area contributed by atoms with Crippen LogP contribution in [0.1, 0.15) is 33.6 Å². The lowest BCUT2D eigenvalue weighted by atomic mass is 10.2. The molecule has 18 heavy (non-hydrogen) atoms. The van der Waals surface area contributed by atoms with Crippen LogP contribution in [-0.2, 0) is 11.3 Å². The Labute approximate surface area is 112 Å². The smallest absolute Gasteiger partial charge is 0.230 e. The Morgan fingerprint density at radius 2 is 2.28 bits per heavy atom. The van der Waals surface area contributed by atoms with E-state index in [0.29, 0.717) is 16.8 Å². The van der Waals surface area contributed by atoms with Gasteiger partial charge in [0.1, 0.15) is 0 Å². The summed E-state index contributed by atoms with van der Waals surface area (Å²) < 4.78 is 1.74. The van der Waals surface area contributed by atoms with Crippen LogP contribution < -0.4 is 5.32 Å². The van der Waals surface area contributed by atoms with Crippen molar-refractivity contribution in [2.24, 2.45) is 5.92 Å². The first kappa shape index (κ1) is 14.9. The molecule has 7 heteroatoms. The van der Waals surface area contributed by atoms with Crippen molar-refractivity contribution in [3.05, 3.63) is 0 Å². The highest BCUT2D eigenvalue weighted by atomic mass is 32.2. The molecule has 1 rings (SSSR count). The number of unbranched alkanes of at least 4 members (excludes halogenated alkanes) is 1. The molecule has 1 N–H and O–H groups in total. The zero-order chi connectivity index (χ0) is 13.4. The van der Waals surface area contributed by atoms with E-state index in [-0.39, 0.29) is 5.91 Å². The van der Waals surface area contributed by atoms with Crippen LogP contribution >= 0.6 is 11.8 Å². The number of hydrogen-bond acceptors (Lipinski definition) is 5. The summed E-state index contributed by atoms with van der Waals surface area (Å²) in [6.45, 7) is 7.82. The number of nitrogens with one attached hydrogen (secondary N) is 1. The van der Waals surface area contributed by atoms with Gasteiger partial charge in [0.15, 0.2) is 0 Å². The van der Waals surface area contributed by atoms with Gasteiger partial charge < -0.3 is 5.32 Å². The minimum absolute atomic E-state index is 0.0348. The first-order chi connectivity index (χ1) is 8.63. The average molecular weight is 271 g/mol. The molecule has 0 fully saturated rings. The van der Waals surface area contributed by atoms with Crippen LogP contribution in [0.25, 0.3) is 0 Å². The minimum Gasteiger partial charge on any atom is -0.355 e. The molecule has 102 valence electrons. The van der Waals surface area contributed by atoms with Gasteiger partial charge in [-0.25, -0.2) is 4.68 Å². The molecule has 0 aliphatic rings. The predicted molar refractivity (Wildman–Crippen MR) is 71.3 cm³/mol. The second kappa shape index (κ2) is 8.07. The van der Waals surface area contributed by atoms with E-state index in [2.05, 4.69) is 41.6 Å². The largest absolute Gasteiger partial charge is 0.355 e. The monoisotopic (exact) mass is 271 g/mol. The van der Waals surface area contributed by atoms with Crippen molar-refractivity contribution >= 4 is 17.7 Å². The maximum atomic E-state index is 11.5. The molecular weight excluding hydrogens is 250 g/mol. The van der Waals surface area contributed by atoms with Gasteiger partial charge in [-0.2, -0.15) is 0 Å². The third-order valence-corrected chi connectivity index (χ3v) is 3.18. The Kier molecular flexibility index (Phi) is 6.70. The van der Waals surface area contributed by atoms with Gasteiger partial charge in [-0.3, -0.25) is 4.79 Å². The molecule has 0 atom stereocenters. The van der Waals surface area contributed by atoms with Gasteiger partial charge in [0.2, 0.25) is 11.1 Å². The summed E-state index contributed by atoms with van der Waals surface area (Å²) in [4.78, 5) is 11.5. The van der Waals surface area contributed by atoms with Gasteiger partial charge in [-0.1, -0.05) is 39.0 Å². The van der Waals surface area contributed by atoms with E-state index in [4.69, 9.17) is 0 Å². The van der Waals surface area contributed by atoms with Crippen LogP contribution in [0.5, 0.6) is 0 Å². The maximum absolute atomic E-state index is 11.5. The molecule has 0 spiro atoms. The number of aromatic nitrogens is 4. The summed E-state index contributed by atoms with van der Waals surface area (Å²) in [5.41, 5.74) is 0. The number of nitrogens with zero attached hydrogens (tertiary/aromatic N) is 4. The molecule has 0 aliphatic heterocycles. The van der Waals surface area contributed by atoms with Crippen molar-refractivity contribution in [2.75, 3.05) is 12.3 Å². The fraction of sp³-hybridized carbons (Fsp3) is 0.818. The first-order valence-corrected chi connectivity index (χ1v) is 7.27. The first-order valence-electron chi connectivity index (χ1n) is 6.29. The maximum Gasteiger partial charge on any atom is 0.230 e. The number of carbonyl (C=O) groups is 1. The molecule has 1 aromatic rings. The molecule has 1 aromatic heterocycles. The van der Waals surface area contributed by atoms with Gasteiger partial charge >= 0.3 is 0 Å². The quantitative estimate of drug-likeness (QED) is 0.570. The van der Waals surface area contributed by atoms with Crippen molar-refractivity contribution in [3.8, 4) is 0 Å². The van der Waals surface area contributed by atoms with Gasteiger partial charge in [0, 0.05) is 13.1 Å². The van der Waals surface area contributed by atoms with Crippen LogP contribution in [-0.4, -0.2) is 38.4 Å². The van der Waals surface area contributed by atoms with Crippen LogP contribution in [0, 0.1) is 5.92 Å². The number of thioether (sulfide) groups is 1. The standard InChI is InChI=1S/C11H21N5OS/c1-4-5-6-12-10(17)8-18-11-13-14-15-16(11)7-9(2)3/h9H,4-8H2,1-3H3,(H,12,17). The van der Waals surface area contributed by atoms with Crippen molar-refractivity contribution in [1.29, 1.82) is 0 Å². The second-order valence-corrected chi connectivity index (χ2v) is 5.47. The highest BCUT2D eigenvalue weighted by molar-refractivity contribution is 7.99. The normalized spacial score (nSPS) is 10.9. The number of hydrogen-bond donors (Lipinski definition) is 1. The summed E-state index contributed by atoms with van der Waals surface area (Å²) in [5.74, 6) is 0.876. The Balaban J connectivity index is 2.34. The zero-order valence-corrected chi connectivity index (χ0v) is 12.0. The lowest BCUT2D eigenvalue weighted by molar-refractivity contribution is -0.118. The molecule has 1 amide bonds. The van der Waals surface area contributed by atoms with Gasteiger partial charge in [0.25, 0.3) is 0 Å². The molecule has 0 saturated carbocycles. The Morgan fingerprint density at radius 1 is 1.50 bits per heavy atom. The summed E-state index contributed by atoms with van der Waals surface area (Å²) in [6, 6.07) is 0.